The first-order valence-corrected chi connectivity index (χ1v) is 5.37. The second kappa shape index (κ2) is 5.27. The van der Waals surface area contributed by atoms with Crippen molar-refractivity contribution < 1.29 is 13.6 Å². The van der Waals surface area contributed by atoms with Crippen molar-refractivity contribution >= 4 is 11.6 Å². The zero-order chi connectivity index (χ0) is 13.8. The Kier molecular flexibility index (Phi) is 3.53. The third kappa shape index (κ3) is 2.93. The van der Waals surface area contributed by atoms with Crippen LogP contribution >= 0.6 is 0 Å². The maximum absolute atomic E-state index is 13.4. The van der Waals surface area contributed by atoms with E-state index in [1.807, 2.05) is 6.07 Å². The third-order valence-corrected chi connectivity index (χ3v) is 2.43. The molecule has 0 spiro atoms. The number of hydrogen-bond acceptors (Lipinski definition) is 2. The highest BCUT2D eigenvalue weighted by Crippen LogP contribution is 2.16. The van der Waals surface area contributed by atoms with Crippen LogP contribution in [0.1, 0.15) is 15.9 Å². The summed E-state index contributed by atoms with van der Waals surface area (Å²) in [5.74, 6) is -2.14. The molecular weight excluding hydrogens is 250 g/mol. The van der Waals surface area contributed by atoms with Gasteiger partial charge in [-0.15, -0.1) is 0 Å². The van der Waals surface area contributed by atoms with Crippen molar-refractivity contribution in [3.05, 3.63) is 65.2 Å². The molecule has 0 aliphatic carbocycles. The van der Waals surface area contributed by atoms with Crippen molar-refractivity contribution in [1.29, 1.82) is 5.26 Å². The summed E-state index contributed by atoms with van der Waals surface area (Å²) in [7, 11) is 0. The molecule has 1 N–H and O–H groups in total. The topological polar surface area (TPSA) is 52.9 Å². The predicted octanol–water partition coefficient (Wildman–Crippen LogP) is 3.09. The van der Waals surface area contributed by atoms with Gasteiger partial charge in [-0.1, -0.05) is 6.07 Å². The highest BCUT2D eigenvalue weighted by atomic mass is 19.1. The van der Waals surface area contributed by atoms with Crippen LogP contribution in [0.15, 0.2) is 42.5 Å². The SMILES string of the molecule is N#Cc1cccc(C(=O)Nc2ccc(F)cc2F)c1. The molecule has 5 heteroatoms. The van der Waals surface area contributed by atoms with E-state index < -0.39 is 17.5 Å². The van der Waals surface area contributed by atoms with Gasteiger partial charge in [0.1, 0.15) is 11.6 Å². The molecule has 0 fully saturated rings. The van der Waals surface area contributed by atoms with Crippen LogP contribution in [0.25, 0.3) is 0 Å². The van der Waals surface area contributed by atoms with Crippen molar-refractivity contribution in [3.63, 3.8) is 0 Å². The van der Waals surface area contributed by atoms with Crippen LogP contribution in [0.3, 0.4) is 0 Å². The molecule has 94 valence electrons. The molecule has 0 bridgehead atoms. The number of nitriles is 1. The van der Waals surface area contributed by atoms with E-state index in [-0.39, 0.29) is 11.3 Å². The fourth-order valence-electron chi connectivity index (χ4n) is 1.52. The number of nitrogens with zero attached hydrogens (tertiary/aromatic N) is 1. The van der Waals surface area contributed by atoms with Gasteiger partial charge in [-0.3, -0.25) is 4.79 Å². The number of carbonyl (C=O) groups excluding carboxylic acids is 1. The Morgan fingerprint density at radius 2 is 1.95 bits per heavy atom. The average Bonchev–Trinajstić information content (AvgIpc) is 2.42. The van der Waals surface area contributed by atoms with Crippen LogP contribution in [0.2, 0.25) is 0 Å². The largest absolute Gasteiger partial charge is 0.319 e. The molecular formula is C14H8F2N2O. The summed E-state index contributed by atoms with van der Waals surface area (Å²) in [5, 5.41) is 11.0. The second-order valence-corrected chi connectivity index (χ2v) is 3.77. The monoisotopic (exact) mass is 258 g/mol. The number of halogens is 2. The Hall–Kier alpha value is -2.74. The fourth-order valence-corrected chi connectivity index (χ4v) is 1.52. The molecule has 19 heavy (non-hydrogen) atoms. The van der Waals surface area contributed by atoms with Crippen LogP contribution < -0.4 is 5.32 Å². The van der Waals surface area contributed by atoms with Crippen molar-refractivity contribution in [1.82, 2.24) is 0 Å². The molecule has 0 aliphatic rings. The number of hydrogen-bond donors (Lipinski definition) is 1. The second-order valence-electron chi connectivity index (χ2n) is 3.77. The Bertz CT molecular complexity index is 677. The fraction of sp³-hybridized carbons (Fsp3) is 0. The summed E-state index contributed by atoms with van der Waals surface area (Å²) in [6.45, 7) is 0. The van der Waals surface area contributed by atoms with Crippen LogP contribution in [-0.4, -0.2) is 5.91 Å². The van der Waals surface area contributed by atoms with Crippen LogP contribution in [0.5, 0.6) is 0 Å². The van der Waals surface area contributed by atoms with Crippen LogP contribution in [-0.2, 0) is 0 Å². The minimum absolute atomic E-state index is 0.117. The quantitative estimate of drug-likeness (QED) is 0.899. The zero-order valence-corrected chi connectivity index (χ0v) is 9.65. The lowest BCUT2D eigenvalue weighted by Crippen LogP contribution is -2.13. The first-order valence-electron chi connectivity index (χ1n) is 5.37. The molecule has 1 amide bonds. The molecule has 0 heterocycles. The van der Waals surface area contributed by atoms with Gasteiger partial charge < -0.3 is 5.32 Å². The predicted molar refractivity (Wildman–Crippen MR) is 65.5 cm³/mol. The lowest BCUT2D eigenvalue weighted by atomic mass is 10.1. The van der Waals surface area contributed by atoms with E-state index in [0.717, 1.165) is 12.1 Å². The molecule has 2 aromatic carbocycles. The molecule has 0 radical (unpaired) electrons. The number of rotatable bonds is 2. The normalized spacial score (nSPS) is 9.74. The molecule has 0 saturated carbocycles. The van der Waals surface area contributed by atoms with Crippen molar-refractivity contribution in [2.45, 2.75) is 0 Å². The summed E-state index contributed by atoms with van der Waals surface area (Å²) in [6, 6.07) is 10.7. The maximum atomic E-state index is 13.4. The summed E-state index contributed by atoms with van der Waals surface area (Å²) in [6.07, 6.45) is 0. The first-order chi connectivity index (χ1) is 9.10. The highest BCUT2D eigenvalue weighted by Gasteiger charge is 2.10. The van der Waals surface area contributed by atoms with Gasteiger partial charge >= 0.3 is 0 Å². The van der Waals surface area contributed by atoms with E-state index >= 15 is 0 Å². The van der Waals surface area contributed by atoms with Gasteiger partial charge in [0.2, 0.25) is 0 Å². The number of benzene rings is 2. The van der Waals surface area contributed by atoms with Gasteiger partial charge in [-0.2, -0.15) is 5.26 Å². The first kappa shape index (κ1) is 12.7. The van der Waals surface area contributed by atoms with E-state index in [2.05, 4.69) is 5.32 Å². The summed E-state index contributed by atoms with van der Waals surface area (Å²) in [5.41, 5.74) is 0.434. The van der Waals surface area contributed by atoms with Gasteiger partial charge in [-0.05, 0) is 30.3 Å². The standard InChI is InChI=1S/C14H8F2N2O/c15-11-4-5-13(12(16)7-11)18-14(19)10-3-1-2-9(6-10)8-17/h1-7H,(H,18,19). The number of anilines is 1. The minimum atomic E-state index is -0.857. The zero-order valence-electron chi connectivity index (χ0n) is 9.65. The van der Waals surface area contributed by atoms with Crippen molar-refractivity contribution in [2.24, 2.45) is 0 Å². The minimum Gasteiger partial charge on any atom is -0.319 e. The smallest absolute Gasteiger partial charge is 0.255 e. The van der Waals surface area contributed by atoms with Gasteiger partial charge in [0.05, 0.1) is 17.3 Å². The Morgan fingerprint density at radius 3 is 2.63 bits per heavy atom. The van der Waals surface area contributed by atoms with Gasteiger partial charge in [0.25, 0.3) is 5.91 Å². The lowest BCUT2D eigenvalue weighted by molar-refractivity contribution is 0.102. The van der Waals surface area contributed by atoms with E-state index in [9.17, 15) is 13.6 Å². The Morgan fingerprint density at radius 1 is 1.16 bits per heavy atom. The molecule has 3 nitrogen and oxygen atoms in total. The van der Waals surface area contributed by atoms with E-state index in [4.69, 9.17) is 5.26 Å². The van der Waals surface area contributed by atoms with Crippen molar-refractivity contribution in [2.75, 3.05) is 5.32 Å². The lowest BCUT2D eigenvalue weighted by Gasteiger charge is -2.06. The van der Waals surface area contributed by atoms with E-state index in [0.29, 0.717) is 11.6 Å². The maximum Gasteiger partial charge on any atom is 0.255 e. The van der Waals surface area contributed by atoms with Gasteiger partial charge in [0.15, 0.2) is 0 Å². The van der Waals surface area contributed by atoms with Crippen LogP contribution in [0.4, 0.5) is 14.5 Å². The molecule has 0 aromatic heterocycles. The van der Waals surface area contributed by atoms with E-state index in [1.54, 1.807) is 12.1 Å². The van der Waals surface area contributed by atoms with Gasteiger partial charge in [-0.25, -0.2) is 8.78 Å². The van der Waals surface area contributed by atoms with E-state index in [1.165, 1.54) is 12.1 Å². The average molecular weight is 258 g/mol. The number of nitrogens with one attached hydrogen (secondary N) is 1. The highest BCUT2D eigenvalue weighted by molar-refractivity contribution is 6.04. The molecule has 2 aromatic rings. The Labute approximate surface area is 108 Å². The van der Waals surface area contributed by atoms with Crippen molar-refractivity contribution in [3.8, 4) is 6.07 Å². The summed E-state index contributed by atoms with van der Waals surface area (Å²) in [4.78, 5) is 11.8. The number of carbonyl (C=O) groups is 1. The molecule has 0 unspecified atom stereocenters. The van der Waals surface area contributed by atoms with Gasteiger partial charge in [0, 0.05) is 11.6 Å². The third-order valence-electron chi connectivity index (χ3n) is 2.43. The molecule has 0 saturated heterocycles. The molecule has 2 rings (SSSR count). The molecule has 0 atom stereocenters. The summed E-state index contributed by atoms with van der Waals surface area (Å²) < 4.78 is 26.1. The van der Waals surface area contributed by atoms with Crippen LogP contribution in [0, 0.1) is 23.0 Å². The molecule has 0 aliphatic heterocycles. The Balaban J connectivity index is 2.23. The number of amides is 1. The summed E-state index contributed by atoms with van der Waals surface area (Å²) >= 11 is 0.